The number of hydrogen-bond donors (Lipinski definition) is 1. The largest absolute Gasteiger partial charge is 0.494 e. The van der Waals surface area contributed by atoms with Gasteiger partial charge in [-0.05, 0) is 30.7 Å². The molecule has 0 fully saturated rings. The highest BCUT2D eigenvalue weighted by molar-refractivity contribution is 5.50. The molecule has 18 heavy (non-hydrogen) atoms. The van der Waals surface area contributed by atoms with Crippen LogP contribution in [0.25, 0.3) is 6.08 Å². The summed E-state index contributed by atoms with van der Waals surface area (Å²) in [5, 5.41) is 3.23. The lowest BCUT2D eigenvalue weighted by atomic mass is 10.2. The molecule has 0 aromatic heterocycles. The van der Waals surface area contributed by atoms with Crippen LogP contribution < -0.4 is 10.1 Å². The fraction of sp³-hybridized carbons (Fsp3) is 0.429. The average Bonchev–Trinajstić information content (AvgIpc) is 2.38. The highest BCUT2D eigenvalue weighted by Gasteiger charge is 2.00. The van der Waals surface area contributed by atoms with Crippen LogP contribution in [0.4, 0.5) is 4.39 Å². The molecule has 0 radical (unpaired) electrons. The van der Waals surface area contributed by atoms with E-state index in [9.17, 15) is 4.39 Å². The number of methoxy groups -OCH3 is 2. The molecule has 1 N–H and O–H groups in total. The summed E-state index contributed by atoms with van der Waals surface area (Å²) in [6, 6.07) is 4.93. The first-order valence-corrected chi connectivity index (χ1v) is 5.97. The Kier molecular flexibility index (Phi) is 7.06. The van der Waals surface area contributed by atoms with Crippen molar-refractivity contribution in [1.82, 2.24) is 5.32 Å². The van der Waals surface area contributed by atoms with Crippen molar-refractivity contribution in [3.63, 3.8) is 0 Å². The van der Waals surface area contributed by atoms with Gasteiger partial charge in [-0.25, -0.2) is 4.39 Å². The SMILES string of the molecule is COCCNCCC=Cc1ccc(OC)c(F)c1. The Morgan fingerprint density at radius 2 is 2.11 bits per heavy atom. The van der Waals surface area contributed by atoms with Gasteiger partial charge in [0.25, 0.3) is 0 Å². The number of nitrogens with one attached hydrogen (secondary N) is 1. The summed E-state index contributed by atoms with van der Waals surface area (Å²) >= 11 is 0. The second-order valence-electron chi connectivity index (χ2n) is 3.83. The van der Waals surface area contributed by atoms with Crippen LogP contribution in [-0.2, 0) is 4.74 Å². The van der Waals surface area contributed by atoms with Crippen molar-refractivity contribution < 1.29 is 13.9 Å². The lowest BCUT2D eigenvalue weighted by molar-refractivity contribution is 0.199. The summed E-state index contributed by atoms with van der Waals surface area (Å²) in [7, 11) is 3.14. The van der Waals surface area contributed by atoms with E-state index in [2.05, 4.69) is 5.32 Å². The van der Waals surface area contributed by atoms with Crippen molar-refractivity contribution in [2.45, 2.75) is 6.42 Å². The number of hydrogen-bond acceptors (Lipinski definition) is 3. The van der Waals surface area contributed by atoms with Crippen LogP contribution >= 0.6 is 0 Å². The predicted octanol–water partition coefficient (Wildman–Crippen LogP) is 2.47. The second kappa shape index (κ2) is 8.66. The molecular formula is C14H20FNO2. The number of rotatable bonds is 8. The van der Waals surface area contributed by atoms with Gasteiger partial charge in [-0.2, -0.15) is 0 Å². The second-order valence-corrected chi connectivity index (χ2v) is 3.83. The molecule has 0 amide bonds. The Morgan fingerprint density at radius 1 is 1.28 bits per heavy atom. The molecule has 0 heterocycles. The van der Waals surface area contributed by atoms with Gasteiger partial charge in [-0.3, -0.25) is 0 Å². The van der Waals surface area contributed by atoms with Crippen LogP contribution in [0.1, 0.15) is 12.0 Å². The molecule has 1 rings (SSSR count). The Balaban J connectivity index is 2.31. The standard InChI is InChI=1S/C14H20FNO2/c1-17-10-9-16-8-4-3-5-12-6-7-14(18-2)13(15)11-12/h3,5-7,11,16H,4,8-10H2,1-2H3. The van der Waals surface area contributed by atoms with Gasteiger partial charge < -0.3 is 14.8 Å². The van der Waals surface area contributed by atoms with Crippen LogP contribution in [0.15, 0.2) is 24.3 Å². The molecule has 0 saturated heterocycles. The summed E-state index contributed by atoms with van der Waals surface area (Å²) in [6.07, 6.45) is 4.82. The molecule has 1 aromatic carbocycles. The first kappa shape index (κ1) is 14.7. The highest BCUT2D eigenvalue weighted by Crippen LogP contribution is 2.18. The van der Waals surface area contributed by atoms with Gasteiger partial charge in [0.15, 0.2) is 11.6 Å². The Morgan fingerprint density at radius 3 is 2.78 bits per heavy atom. The van der Waals surface area contributed by atoms with Gasteiger partial charge in [0, 0.05) is 13.7 Å². The predicted molar refractivity (Wildman–Crippen MR) is 71.3 cm³/mol. The summed E-state index contributed by atoms with van der Waals surface area (Å²) in [4.78, 5) is 0. The number of halogens is 1. The van der Waals surface area contributed by atoms with Crippen molar-refractivity contribution in [3.8, 4) is 5.75 Å². The first-order valence-electron chi connectivity index (χ1n) is 5.97. The van der Waals surface area contributed by atoms with Crippen molar-refractivity contribution in [3.05, 3.63) is 35.7 Å². The van der Waals surface area contributed by atoms with Crippen molar-refractivity contribution in [2.24, 2.45) is 0 Å². The van der Waals surface area contributed by atoms with Crippen LogP contribution in [0.3, 0.4) is 0 Å². The van der Waals surface area contributed by atoms with Crippen LogP contribution in [-0.4, -0.2) is 33.9 Å². The fourth-order valence-corrected chi connectivity index (χ4v) is 1.49. The molecule has 0 aliphatic carbocycles. The Hall–Kier alpha value is -1.39. The minimum absolute atomic E-state index is 0.272. The minimum atomic E-state index is -0.335. The molecule has 100 valence electrons. The van der Waals surface area contributed by atoms with E-state index in [1.54, 1.807) is 13.2 Å². The third-order valence-electron chi connectivity index (χ3n) is 2.46. The molecule has 0 atom stereocenters. The molecule has 0 spiro atoms. The van der Waals surface area contributed by atoms with Crippen LogP contribution in [0, 0.1) is 5.82 Å². The molecule has 0 saturated carbocycles. The van der Waals surface area contributed by atoms with E-state index in [0.29, 0.717) is 6.61 Å². The average molecular weight is 253 g/mol. The van der Waals surface area contributed by atoms with Gasteiger partial charge in [0.1, 0.15) is 0 Å². The van der Waals surface area contributed by atoms with E-state index in [1.165, 1.54) is 13.2 Å². The molecule has 1 aromatic rings. The van der Waals surface area contributed by atoms with Crippen molar-refractivity contribution >= 4 is 6.08 Å². The molecule has 0 bridgehead atoms. The smallest absolute Gasteiger partial charge is 0.165 e. The normalized spacial score (nSPS) is 11.1. The third-order valence-corrected chi connectivity index (χ3v) is 2.46. The van der Waals surface area contributed by atoms with Crippen molar-refractivity contribution in [2.75, 3.05) is 33.9 Å². The highest BCUT2D eigenvalue weighted by atomic mass is 19.1. The third kappa shape index (κ3) is 5.29. The molecular weight excluding hydrogens is 233 g/mol. The van der Waals surface area contributed by atoms with E-state index in [-0.39, 0.29) is 11.6 Å². The van der Waals surface area contributed by atoms with E-state index in [1.807, 2.05) is 18.2 Å². The zero-order valence-electron chi connectivity index (χ0n) is 10.9. The number of ether oxygens (including phenoxy) is 2. The summed E-state index contributed by atoms with van der Waals surface area (Å²) in [5.74, 6) is -0.0637. The maximum absolute atomic E-state index is 13.4. The van der Waals surface area contributed by atoms with Gasteiger partial charge in [-0.1, -0.05) is 18.2 Å². The first-order chi connectivity index (χ1) is 8.77. The zero-order chi connectivity index (χ0) is 13.2. The van der Waals surface area contributed by atoms with E-state index < -0.39 is 0 Å². The molecule has 0 aliphatic heterocycles. The molecule has 4 heteroatoms. The molecule has 0 unspecified atom stereocenters. The van der Waals surface area contributed by atoms with E-state index in [0.717, 1.165) is 25.1 Å². The van der Waals surface area contributed by atoms with Crippen LogP contribution in [0.5, 0.6) is 5.75 Å². The van der Waals surface area contributed by atoms with Gasteiger partial charge in [0.05, 0.1) is 13.7 Å². The maximum Gasteiger partial charge on any atom is 0.165 e. The van der Waals surface area contributed by atoms with E-state index >= 15 is 0 Å². The Labute approximate surface area is 108 Å². The van der Waals surface area contributed by atoms with Crippen molar-refractivity contribution in [1.29, 1.82) is 0 Å². The summed E-state index contributed by atoms with van der Waals surface area (Å²) < 4.78 is 23.2. The van der Waals surface area contributed by atoms with Gasteiger partial charge in [-0.15, -0.1) is 0 Å². The zero-order valence-corrected chi connectivity index (χ0v) is 10.9. The lowest BCUT2D eigenvalue weighted by Gasteiger charge is -2.02. The van der Waals surface area contributed by atoms with Gasteiger partial charge >= 0.3 is 0 Å². The lowest BCUT2D eigenvalue weighted by Crippen LogP contribution is -2.19. The Bertz CT molecular complexity index is 380. The maximum atomic E-state index is 13.4. The summed E-state index contributed by atoms with van der Waals surface area (Å²) in [6.45, 7) is 2.45. The summed E-state index contributed by atoms with van der Waals surface area (Å²) in [5.41, 5.74) is 0.838. The topological polar surface area (TPSA) is 30.5 Å². The van der Waals surface area contributed by atoms with E-state index in [4.69, 9.17) is 9.47 Å². The monoisotopic (exact) mass is 253 g/mol. The molecule has 0 aliphatic rings. The quantitative estimate of drug-likeness (QED) is 0.722. The number of benzene rings is 1. The van der Waals surface area contributed by atoms with Gasteiger partial charge in [0.2, 0.25) is 0 Å². The minimum Gasteiger partial charge on any atom is -0.494 e. The fourth-order valence-electron chi connectivity index (χ4n) is 1.49. The van der Waals surface area contributed by atoms with Crippen LogP contribution in [0.2, 0.25) is 0 Å². The molecule has 3 nitrogen and oxygen atoms in total.